The predicted molar refractivity (Wildman–Crippen MR) is 128 cm³/mol. The van der Waals surface area contributed by atoms with Crippen LogP contribution in [0.25, 0.3) is 11.0 Å². The highest BCUT2D eigenvalue weighted by Gasteiger charge is 2.14. The van der Waals surface area contributed by atoms with E-state index in [-0.39, 0.29) is 11.1 Å². The van der Waals surface area contributed by atoms with Gasteiger partial charge in [-0.15, -0.1) is 0 Å². The quantitative estimate of drug-likeness (QED) is 0.470. The lowest BCUT2D eigenvalue weighted by molar-refractivity contribution is 0.866. The fourth-order valence-electron chi connectivity index (χ4n) is 3.81. The second-order valence-electron chi connectivity index (χ2n) is 7.44. The first-order valence-corrected chi connectivity index (χ1v) is 11.3. The van der Waals surface area contributed by atoms with E-state index < -0.39 is 0 Å². The molecule has 0 saturated carbocycles. The SMILES string of the molecule is CCN(CC)c1ccc(/C=c2\sc3nc(=O)c(Cc4ccccc4)c(C)n3c2=O)cc1. The standard InChI is InChI=1S/C25H25N3O2S/c1-4-27(5-2)20-13-11-19(12-14-20)16-22-24(30)28-17(3)21(23(29)26-25(28)31-22)15-18-9-7-6-8-10-18/h6-14,16H,4-5,15H2,1-3H3/b22-16-. The van der Waals surface area contributed by atoms with E-state index in [4.69, 9.17) is 0 Å². The highest BCUT2D eigenvalue weighted by molar-refractivity contribution is 7.15. The minimum absolute atomic E-state index is 0.132. The van der Waals surface area contributed by atoms with Crippen molar-refractivity contribution >= 4 is 28.1 Å². The Morgan fingerprint density at radius 2 is 1.68 bits per heavy atom. The average molecular weight is 432 g/mol. The zero-order chi connectivity index (χ0) is 22.0. The number of fused-ring (bicyclic) bond motifs is 1. The van der Waals surface area contributed by atoms with Crippen molar-refractivity contribution in [2.45, 2.75) is 27.2 Å². The topological polar surface area (TPSA) is 54.7 Å². The molecule has 0 atom stereocenters. The summed E-state index contributed by atoms with van der Waals surface area (Å²) in [6.07, 6.45) is 2.33. The van der Waals surface area contributed by atoms with Crippen molar-refractivity contribution in [2.24, 2.45) is 0 Å². The van der Waals surface area contributed by atoms with Crippen molar-refractivity contribution in [3.63, 3.8) is 0 Å². The first kappa shape index (κ1) is 21.0. The summed E-state index contributed by atoms with van der Waals surface area (Å²) in [5, 5.41) is 0. The van der Waals surface area contributed by atoms with Gasteiger partial charge >= 0.3 is 0 Å². The number of hydrogen-bond acceptors (Lipinski definition) is 5. The van der Waals surface area contributed by atoms with Gasteiger partial charge in [0.1, 0.15) is 0 Å². The number of benzene rings is 2. The van der Waals surface area contributed by atoms with E-state index in [1.165, 1.54) is 11.3 Å². The molecule has 0 bridgehead atoms. The molecule has 5 nitrogen and oxygen atoms in total. The van der Waals surface area contributed by atoms with Crippen LogP contribution in [0, 0.1) is 6.92 Å². The number of thiazole rings is 1. The summed E-state index contributed by atoms with van der Waals surface area (Å²) in [6, 6.07) is 17.9. The van der Waals surface area contributed by atoms with E-state index in [1.54, 1.807) is 4.40 Å². The van der Waals surface area contributed by atoms with Crippen LogP contribution in [0.2, 0.25) is 0 Å². The molecule has 0 aliphatic rings. The van der Waals surface area contributed by atoms with Crippen LogP contribution in [0.5, 0.6) is 0 Å². The summed E-state index contributed by atoms with van der Waals surface area (Å²) >= 11 is 1.25. The van der Waals surface area contributed by atoms with Crippen LogP contribution < -0.4 is 20.6 Å². The molecule has 158 valence electrons. The van der Waals surface area contributed by atoms with Crippen molar-refractivity contribution in [3.8, 4) is 0 Å². The molecule has 31 heavy (non-hydrogen) atoms. The van der Waals surface area contributed by atoms with Gasteiger partial charge in [-0.05, 0) is 50.1 Å². The number of nitrogens with zero attached hydrogens (tertiary/aromatic N) is 3. The van der Waals surface area contributed by atoms with E-state index in [9.17, 15) is 9.59 Å². The summed E-state index contributed by atoms with van der Waals surface area (Å²) in [5.41, 5.74) is 3.96. The maximum absolute atomic E-state index is 13.1. The molecule has 6 heteroatoms. The van der Waals surface area contributed by atoms with Crippen molar-refractivity contribution in [3.05, 3.63) is 102 Å². The average Bonchev–Trinajstić information content (AvgIpc) is 3.08. The molecule has 0 aliphatic carbocycles. The summed E-state index contributed by atoms with van der Waals surface area (Å²) in [4.78, 5) is 32.7. The Kier molecular flexibility index (Phi) is 6.00. The molecule has 0 aliphatic heterocycles. The zero-order valence-electron chi connectivity index (χ0n) is 18.0. The molecule has 0 spiro atoms. The molecule has 0 amide bonds. The number of aryl methyl sites for hydroxylation is 1. The molecular formula is C25H25N3O2S. The lowest BCUT2D eigenvalue weighted by atomic mass is 10.1. The monoisotopic (exact) mass is 431 g/mol. The lowest BCUT2D eigenvalue weighted by Crippen LogP contribution is -2.27. The minimum atomic E-state index is -0.266. The van der Waals surface area contributed by atoms with Gasteiger partial charge in [-0.25, -0.2) is 0 Å². The van der Waals surface area contributed by atoms with E-state index >= 15 is 0 Å². The summed E-state index contributed by atoms with van der Waals surface area (Å²) < 4.78 is 2.14. The van der Waals surface area contributed by atoms with Crippen LogP contribution in [-0.4, -0.2) is 22.5 Å². The van der Waals surface area contributed by atoms with Crippen molar-refractivity contribution in [2.75, 3.05) is 18.0 Å². The second kappa shape index (κ2) is 8.86. The fraction of sp³-hybridized carbons (Fsp3) is 0.240. The van der Waals surface area contributed by atoms with Gasteiger partial charge in [-0.2, -0.15) is 4.98 Å². The van der Waals surface area contributed by atoms with Crippen LogP contribution >= 0.6 is 11.3 Å². The molecule has 0 saturated heterocycles. The fourth-order valence-corrected chi connectivity index (χ4v) is 4.82. The third kappa shape index (κ3) is 4.16. The number of anilines is 1. The normalized spacial score (nSPS) is 11.9. The van der Waals surface area contributed by atoms with Crippen LogP contribution in [0.4, 0.5) is 5.69 Å². The van der Waals surface area contributed by atoms with Crippen molar-refractivity contribution in [1.82, 2.24) is 9.38 Å². The molecule has 2 heterocycles. The Bertz CT molecular complexity index is 1370. The Morgan fingerprint density at radius 1 is 1.00 bits per heavy atom. The molecule has 0 fully saturated rings. The number of aromatic nitrogens is 2. The Balaban J connectivity index is 1.77. The van der Waals surface area contributed by atoms with E-state index in [0.29, 0.717) is 27.2 Å². The Hall–Kier alpha value is -3.25. The largest absolute Gasteiger partial charge is 0.372 e. The van der Waals surface area contributed by atoms with Crippen LogP contribution in [0.1, 0.15) is 36.2 Å². The number of hydrogen-bond donors (Lipinski definition) is 0. The van der Waals surface area contributed by atoms with Crippen LogP contribution in [0.15, 0.2) is 64.2 Å². The summed E-state index contributed by atoms with van der Waals surface area (Å²) in [6.45, 7) is 7.99. The van der Waals surface area contributed by atoms with Gasteiger partial charge in [-0.1, -0.05) is 53.8 Å². The third-order valence-corrected chi connectivity index (χ3v) is 6.55. The third-order valence-electron chi connectivity index (χ3n) is 5.58. The highest BCUT2D eigenvalue weighted by atomic mass is 32.1. The van der Waals surface area contributed by atoms with Gasteiger partial charge in [0, 0.05) is 36.5 Å². The van der Waals surface area contributed by atoms with E-state index in [2.05, 4.69) is 35.9 Å². The molecule has 0 unspecified atom stereocenters. The Morgan fingerprint density at radius 3 is 2.32 bits per heavy atom. The smallest absolute Gasteiger partial charge is 0.277 e. The molecule has 4 aromatic rings. The summed E-state index contributed by atoms with van der Waals surface area (Å²) in [7, 11) is 0. The zero-order valence-corrected chi connectivity index (χ0v) is 18.8. The van der Waals surface area contributed by atoms with Crippen molar-refractivity contribution < 1.29 is 0 Å². The van der Waals surface area contributed by atoms with E-state index in [0.717, 1.165) is 29.9 Å². The molecule has 2 aromatic carbocycles. The van der Waals surface area contributed by atoms with Gasteiger partial charge in [0.05, 0.1) is 4.53 Å². The lowest BCUT2D eigenvalue weighted by Gasteiger charge is -2.20. The van der Waals surface area contributed by atoms with Gasteiger partial charge in [-0.3, -0.25) is 14.0 Å². The van der Waals surface area contributed by atoms with Gasteiger partial charge in [0.2, 0.25) is 4.96 Å². The number of rotatable bonds is 6. The molecule has 4 rings (SSSR count). The van der Waals surface area contributed by atoms with Crippen molar-refractivity contribution in [1.29, 1.82) is 0 Å². The maximum atomic E-state index is 13.1. The summed E-state index contributed by atoms with van der Waals surface area (Å²) in [5.74, 6) is 0. The molecular weight excluding hydrogens is 406 g/mol. The molecule has 0 N–H and O–H groups in total. The Labute approximate surface area is 184 Å². The predicted octanol–water partition coefficient (Wildman–Crippen LogP) is 3.41. The van der Waals surface area contributed by atoms with Gasteiger partial charge in [0.15, 0.2) is 0 Å². The van der Waals surface area contributed by atoms with Crippen LogP contribution in [-0.2, 0) is 6.42 Å². The van der Waals surface area contributed by atoms with Crippen LogP contribution in [0.3, 0.4) is 0 Å². The van der Waals surface area contributed by atoms with E-state index in [1.807, 2.05) is 55.5 Å². The maximum Gasteiger partial charge on any atom is 0.277 e. The van der Waals surface area contributed by atoms with Gasteiger partial charge < -0.3 is 4.90 Å². The highest BCUT2D eigenvalue weighted by Crippen LogP contribution is 2.16. The van der Waals surface area contributed by atoms with Gasteiger partial charge in [0.25, 0.3) is 11.1 Å². The first-order valence-electron chi connectivity index (χ1n) is 10.5. The molecule has 0 radical (unpaired) electrons. The first-order chi connectivity index (χ1) is 15.0. The molecule has 2 aromatic heterocycles. The minimum Gasteiger partial charge on any atom is -0.372 e. The second-order valence-corrected chi connectivity index (χ2v) is 8.45.